The van der Waals surface area contributed by atoms with Crippen molar-refractivity contribution in [1.29, 1.82) is 0 Å². The Balaban J connectivity index is 2.00. The molecule has 0 radical (unpaired) electrons. The van der Waals surface area contributed by atoms with E-state index in [-0.39, 0.29) is 26.2 Å². The van der Waals surface area contributed by atoms with Crippen LogP contribution in [0.15, 0.2) is 84.9 Å². The van der Waals surface area contributed by atoms with Crippen LogP contribution in [-0.2, 0) is 32.7 Å². The Hall–Kier alpha value is -3.24. The summed E-state index contributed by atoms with van der Waals surface area (Å²) in [5, 5.41) is 12.4. The van der Waals surface area contributed by atoms with E-state index in [0.29, 0.717) is 16.1 Å². The Morgan fingerprint density at radius 3 is 2.03 bits per heavy atom. The molecule has 0 unspecified atom stereocenters. The minimum atomic E-state index is -3.76. The molecule has 0 bridgehead atoms. The molecule has 0 aliphatic carbocycles. The quantitative estimate of drug-likeness (QED) is 0.365. The first kappa shape index (κ1) is 28.3. The third-order valence-corrected chi connectivity index (χ3v) is 7.10. The molecular weight excluding hydrogens is 514 g/mol. The van der Waals surface area contributed by atoms with E-state index in [4.69, 9.17) is 11.6 Å². The molecule has 0 aromatic heterocycles. The highest BCUT2D eigenvalue weighted by Crippen LogP contribution is 2.25. The zero-order valence-corrected chi connectivity index (χ0v) is 22.0. The van der Waals surface area contributed by atoms with Gasteiger partial charge in [-0.1, -0.05) is 84.4 Å². The summed E-state index contributed by atoms with van der Waals surface area (Å²) >= 11 is 6.03. The van der Waals surface area contributed by atoms with E-state index in [1.807, 2.05) is 6.07 Å². The molecule has 37 heavy (non-hydrogen) atoms. The number of halogens is 1. The molecule has 8 nitrogen and oxygen atoms in total. The largest absolute Gasteiger partial charge is 0.395 e. The number of hydrogen-bond acceptors (Lipinski definition) is 5. The number of carbonyl (C=O) groups excluding carboxylic acids is 2. The average molecular weight is 544 g/mol. The zero-order valence-electron chi connectivity index (χ0n) is 20.5. The lowest BCUT2D eigenvalue weighted by atomic mass is 10.0. The highest BCUT2D eigenvalue weighted by atomic mass is 35.5. The molecule has 0 saturated heterocycles. The molecule has 0 saturated carbocycles. The fourth-order valence-electron chi connectivity index (χ4n) is 3.81. The minimum Gasteiger partial charge on any atom is -0.395 e. The molecule has 2 amide bonds. The van der Waals surface area contributed by atoms with Crippen molar-refractivity contribution < 1.29 is 23.1 Å². The maximum absolute atomic E-state index is 13.8. The lowest BCUT2D eigenvalue weighted by molar-refractivity contribution is -0.141. The number of aliphatic hydroxyl groups excluding tert-OH is 1. The van der Waals surface area contributed by atoms with E-state index in [1.165, 1.54) is 4.90 Å². The fourth-order valence-corrected chi connectivity index (χ4v) is 4.67. The van der Waals surface area contributed by atoms with Crippen LogP contribution in [0.25, 0.3) is 0 Å². The van der Waals surface area contributed by atoms with Crippen LogP contribution in [0.5, 0.6) is 0 Å². The summed E-state index contributed by atoms with van der Waals surface area (Å²) in [5.74, 6) is -1.04. The molecule has 10 heteroatoms. The Kier molecular flexibility index (Phi) is 10.2. The molecule has 0 aliphatic rings. The van der Waals surface area contributed by atoms with Crippen molar-refractivity contribution in [2.75, 3.05) is 26.0 Å². The van der Waals surface area contributed by atoms with Crippen LogP contribution < -0.4 is 5.32 Å². The van der Waals surface area contributed by atoms with Crippen LogP contribution in [0, 0.1) is 0 Å². The first-order valence-corrected chi connectivity index (χ1v) is 13.9. The first-order valence-electron chi connectivity index (χ1n) is 11.7. The second kappa shape index (κ2) is 13.3. The van der Waals surface area contributed by atoms with E-state index in [0.717, 1.165) is 16.1 Å². The SMILES string of the molecule is CS(=O)(=O)N(CC(=O)N(Cc1ccc(Cl)cc1)[C@H](C(=O)NCCO)c1ccccc1)Cc1ccccc1. The van der Waals surface area contributed by atoms with E-state index in [1.54, 1.807) is 78.9 Å². The molecule has 3 rings (SSSR count). The van der Waals surface area contributed by atoms with Gasteiger partial charge in [0.15, 0.2) is 0 Å². The number of nitrogens with zero attached hydrogens (tertiary/aromatic N) is 2. The second-order valence-electron chi connectivity index (χ2n) is 8.49. The van der Waals surface area contributed by atoms with Gasteiger partial charge in [-0.2, -0.15) is 4.31 Å². The maximum Gasteiger partial charge on any atom is 0.247 e. The van der Waals surface area contributed by atoms with Crippen molar-refractivity contribution in [3.05, 3.63) is 107 Å². The smallest absolute Gasteiger partial charge is 0.247 e. The van der Waals surface area contributed by atoms with Gasteiger partial charge in [0.05, 0.1) is 19.4 Å². The lowest BCUT2D eigenvalue weighted by Gasteiger charge is -2.33. The van der Waals surface area contributed by atoms with Gasteiger partial charge in [-0.05, 0) is 28.8 Å². The summed E-state index contributed by atoms with van der Waals surface area (Å²) in [7, 11) is -3.76. The Labute approximate surface area is 222 Å². The number of hydrogen-bond donors (Lipinski definition) is 2. The molecular formula is C27H30ClN3O5S. The van der Waals surface area contributed by atoms with Crippen LogP contribution in [0.1, 0.15) is 22.7 Å². The highest BCUT2D eigenvalue weighted by molar-refractivity contribution is 7.88. The third-order valence-electron chi connectivity index (χ3n) is 5.66. The minimum absolute atomic E-state index is 0.00686. The summed E-state index contributed by atoms with van der Waals surface area (Å²) in [6.45, 7) is -0.679. The van der Waals surface area contributed by atoms with Crippen molar-refractivity contribution in [2.45, 2.75) is 19.1 Å². The van der Waals surface area contributed by atoms with E-state index < -0.39 is 34.4 Å². The molecule has 0 aliphatic heterocycles. The number of benzene rings is 3. The van der Waals surface area contributed by atoms with Crippen LogP contribution in [0.2, 0.25) is 5.02 Å². The molecule has 0 fully saturated rings. The Morgan fingerprint density at radius 2 is 1.46 bits per heavy atom. The number of sulfonamides is 1. The first-order chi connectivity index (χ1) is 17.7. The van der Waals surface area contributed by atoms with Gasteiger partial charge in [0.1, 0.15) is 6.04 Å². The number of rotatable bonds is 12. The molecule has 196 valence electrons. The van der Waals surface area contributed by atoms with Crippen LogP contribution in [0.3, 0.4) is 0 Å². The molecule has 0 heterocycles. The Morgan fingerprint density at radius 1 is 0.892 bits per heavy atom. The van der Waals surface area contributed by atoms with E-state index in [9.17, 15) is 23.1 Å². The van der Waals surface area contributed by atoms with Gasteiger partial charge in [0.2, 0.25) is 21.8 Å². The van der Waals surface area contributed by atoms with Gasteiger partial charge < -0.3 is 15.3 Å². The van der Waals surface area contributed by atoms with Crippen molar-refractivity contribution in [1.82, 2.24) is 14.5 Å². The highest BCUT2D eigenvalue weighted by Gasteiger charge is 2.33. The maximum atomic E-state index is 13.8. The zero-order chi connectivity index (χ0) is 26.8. The summed E-state index contributed by atoms with van der Waals surface area (Å²) in [6, 6.07) is 23.5. The summed E-state index contributed by atoms with van der Waals surface area (Å²) in [5.41, 5.74) is 1.99. The van der Waals surface area contributed by atoms with Crippen molar-refractivity contribution >= 4 is 33.4 Å². The van der Waals surface area contributed by atoms with Gasteiger partial charge in [-0.25, -0.2) is 8.42 Å². The van der Waals surface area contributed by atoms with Crippen LogP contribution in [0.4, 0.5) is 0 Å². The molecule has 2 N–H and O–H groups in total. The standard InChI is InChI=1S/C27H30ClN3O5S/c1-37(35,36)30(18-21-8-4-2-5-9-21)20-25(33)31(19-22-12-14-24(28)15-13-22)26(27(34)29-16-17-32)23-10-6-3-7-11-23/h2-15,26,32H,16-20H2,1H3,(H,29,34)/t26-/m0/s1. The topological polar surface area (TPSA) is 107 Å². The number of nitrogens with one attached hydrogen (secondary N) is 1. The van der Waals surface area contributed by atoms with Gasteiger partial charge in [-0.3, -0.25) is 9.59 Å². The lowest BCUT2D eigenvalue weighted by Crippen LogP contribution is -2.48. The number of aliphatic hydroxyl groups is 1. The fraction of sp³-hybridized carbons (Fsp3) is 0.259. The molecule has 3 aromatic rings. The number of carbonyl (C=O) groups is 2. The predicted octanol–water partition coefficient (Wildman–Crippen LogP) is 2.98. The molecule has 0 spiro atoms. The molecule has 3 aromatic carbocycles. The van der Waals surface area contributed by atoms with Crippen molar-refractivity contribution in [3.63, 3.8) is 0 Å². The summed E-state index contributed by atoms with van der Waals surface area (Å²) < 4.78 is 26.4. The molecule has 1 atom stereocenters. The van der Waals surface area contributed by atoms with Gasteiger partial charge in [-0.15, -0.1) is 0 Å². The normalized spacial score (nSPS) is 12.2. The second-order valence-corrected chi connectivity index (χ2v) is 10.9. The van der Waals surface area contributed by atoms with Crippen LogP contribution in [-0.4, -0.2) is 60.5 Å². The van der Waals surface area contributed by atoms with Crippen molar-refractivity contribution in [2.24, 2.45) is 0 Å². The third kappa shape index (κ3) is 8.40. The predicted molar refractivity (Wildman–Crippen MR) is 143 cm³/mol. The number of amides is 2. The Bertz CT molecular complexity index is 1270. The van der Waals surface area contributed by atoms with Gasteiger partial charge >= 0.3 is 0 Å². The van der Waals surface area contributed by atoms with Crippen LogP contribution >= 0.6 is 11.6 Å². The monoisotopic (exact) mass is 543 g/mol. The van der Waals surface area contributed by atoms with Gasteiger partial charge in [0, 0.05) is 24.7 Å². The summed E-state index contributed by atoms with van der Waals surface area (Å²) in [4.78, 5) is 28.5. The average Bonchev–Trinajstić information content (AvgIpc) is 2.88. The van der Waals surface area contributed by atoms with E-state index >= 15 is 0 Å². The van der Waals surface area contributed by atoms with Crippen molar-refractivity contribution in [3.8, 4) is 0 Å². The van der Waals surface area contributed by atoms with Gasteiger partial charge in [0.25, 0.3) is 0 Å². The van der Waals surface area contributed by atoms with E-state index in [2.05, 4.69) is 5.32 Å². The summed E-state index contributed by atoms with van der Waals surface area (Å²) in [6.07, 6.45) is 1.05.